The van der Waals surface area contributed by atoms with Gasteiger partial charge in [0.2, 0.25) is 0 Å². The molecule has 0 saturated carbocycles. The molecule has 0 amide bonds. The molecule has 0 aromatic rings. The van der Waals surface area contributed by atoms with Crippen LogP contribution in [-0.4, -0.2) is 37.1 Å². The van der Waals surface area contributed by atoms with Gasteiger partial charge in [0.1, 0.15) is 0 Å². The molecule has 2 nitrogen and oxygen atoms in total. The number of hydrogen-bond acceptors (Lipinski definition) is 2. The molecule has 0 aromatic carbocycles. The van der Waals surface area contributed by atoms with Gasteiger partial charge < -0.3 is 10.2 Å². The lowest BCUT2D eigenvalue weighted by molar-refractivity contribution is 0.149. The molecule has 1 N–H and O–H groups in total. The maximum Gasteiger partial charge on any atom is 0.00474 e. The van der Waals surface area contributed by atoms with Gasteiger partial charge in [-0.05, 0) is 32.4 Å². The molecular formula is C12H28N2. The van der Waals surface area contributed by atoms with E-state index in [1.807, 2.05) is 0 Å². The third-order valence-corrected chi connectivity index (χ3v) is 2.62. The Balaban J connectivity index is 4.03. The molecule has 86 valence electrons. The summed E-state index contributed by atoms with van der Waals surface area (Å²) < 4.78 is 0. The van der Waals surface area contributed by atoms with E-state index in [4.69, 9.17) is 0 Å². The summed E-state index contributed by atoms with van der Waals surface area (Å²) in [5.74, 6) is 0. The van der Waals surface area contributed by atoms with Gasteiger partial charge in [0, 0.05) is 19.1 Å². The summed E-state index contributed by atoms with van der Waals surface area (Å²) in [5.41, 5.74) is 0.371. The molecule has 14 heavy (non-hydrogen) atoms. The van der Waals surface area contributed by atoms with E-state index in [-0.39, 0.29) is 0 Å². The highest BCUT2D eigenvalue weighted by Gasteiger charge is 2.21. The molecule has 0 aromatic heterocycles. The van der Waals surface area contributed by atoms with Crippen LogP contribution in [0.5, 0.6) is 0 Å². The fourth-order valence-electron chi connectivity index (χ4n) is 1.73. The highest BCUT2D eigenvalue weighted by Crippen LogP contribution is 2.17. The third-order valence-electron chi connectivity index (χ3n) is 2.62. The predicted octanol–water partition coefficient (Wildman–Crippen LogP) is 2.35. The number of nitrogens with one attached hydrogen (secondary N) is 1. The molecule has 0 fully saturated rings. The lowest BCUT2D eigenvalue weighted by Crippen LogP contribution is -2.43. The van der Waals surface area contributed by atoms with E-state index in [0.717, 1.165) is 19.6 Å². The molecule has 2 heteroatoms. The Morgan fingerprint density at radius 1 is 1.21 bits per heavy atom. The summed E-state index contributed by atoms with van der Waals surface area (Å²) >= 11 is 0. The zero-order valence-electron chi connectivity index (χ0n) is 10.9. The maximum absolute atomic E-state index is 3.43. The fraction of sp³-hybridized carbons (Fsp3) is 1.00. The average molecular weight is 200 g/mol. The number of rotatable bonds is 7. The van der Waals surface area contributed by atoms with E-state index in [0.29, 0.717) is 11.5 Å². The van der Waals surface area contributed by atoms with Crippen LogP contribution in [-0.2, 0) is 0 Å². The summed E-state index contributed by atoms with van der Waals surface area (Å²) in [6.07, 6.45) is 0. The van der Waals surface area contributed by atoms with Crippen molar-refractivity contribution >= 4 is 0 Å². The molecule has 0 saturated heterocycles. The monoisotopic (exact) mass is 200 g/mol. The zero-order valence-corrected chi connectivity index (χ0v) is 10.9. The van der Waals surface area contributed by atoms with Crippen molar-refractivity contribution in [3.63, 3.8) is 0 Å². The van der Waals surface area contributed by atoms with Gasteiger partial charge in [-0.15, -0.1) is 0 Å². The van der Waals surface area contributed by atoms with E-state index >= 15 is 0 Å². The highest BCUT2D eigenvalue weighted by molar-refractivity contribution is 4.77. The first-order valence-electron chi connectivity index (χ1n) is 5.87. The lowest BCUT2D eigenvalue weighted by atomic mass is 9.92. The zero-order chi connectivity index (χ0) is 11.2. The molecule has 0 aliphatic carbocycles. The summed E-state index contributed by atoms with van der Waals surface area (Å²) in [6.45, 7) is 18.1. The Bertz CT molecular complexity index is 141. The standard InChI is InChI=1S/C12H28N2/c1-7-13-9-12(5,6)10-14(8-2)11(3)4/h11,13H,7-10H2,1-6H3. The van der Waals surface area contributed by atoms with Gasteiger partial charge >= 0.3 is 0 Å². The smallest absolute Gasteiger partial charge is 0.00474 e. The van der Waals surface area contributed by atoms with Gasteiger partial charge in [-0.1, -0.05) is 27.7 Å². The van der Waals surface area contributed by atoms with Gasteiger partial charge in [0.25, 0.3) is 0 Å². The molecule has 0 atom stereocenters. The molecule has 0 aliphatic rings. The van der Waals surface area contributed by atoms with E-state index in [2.05, 4.69) is 51.8 Å². The first-order chi connectivity index (χ1) is 6.43. The van der Waals surface area contributed by atoms with Gasteiger partial charge in [0.15, 0.2) is 0 Å². The van der Waals surface area contributed by atoms with Crippen molar-refractivity contribution in [2.45, 2.75) is 47.6 Å². The van der Waals surface area contributed by atoms with Crippen molar-refractivity contribution in [2.75, 3.05) is 26.2 Å². The second kappa shape index (κ2) is 6.41. The SMILES string of the molecule is CCNCC(C)(C)CN(CC)C(C)C. The first-order valence-corrected chi connectivity index (χ1v) is 5.87. The molecule has 0 heterocycles. The topological polar surface area (TPSA) is 15.3 Å². The highest BCUT2D eigenvalue weighted by atomic mass is 15.1. The normalized spacial score (nSPS) is 12.9. The third kappa shape index (κ3) is 5.61. The van der Waals surface area contributed by atoms with Crippen molar-refractivity contribution in [3.05, 3.63) is 0 Å². The Morgan fingerprint density at radius 2 is 1.79 bits per heavy atom. The minimum Gasteiger partial charge on any atom is -0.316 e. The van der Waals surface area contributed by atoms with Crippen LogP contribution < -0.4 is 5.32 Å². The second-order valence-electron chi connectivity index (χ2n) is 5.10. The van der Waals surface area contributed by atoms with Crippen LogP contribution in [0.1, 0.15) is 41.5 Å². The largest absolute Gasteiger partial charge is 0.316 e. The fourth-order valence-corrected chi connectivity index (χ4v) is 1.73. The Hall–Kier alpha value is -0.0800. The van der Waals surface area contributed by atoms with E-state index in [1.165, 1.54) is 6.54 Å². The van der Waals surface area contributed by atoms with Gasteiger partial charge in [-0.25, -0.2) is 0 Å². The van der Waals surface area contributed by atoms with Crippen molar-refractivity contribution in [1.82, 2.24) is 10.2 Å². The summed E-state index contributed by atoms with van der Waals surface area (Å²) in [4.78, 5) is 2.53. The van der Waals surface area contributed by atoms with Crippen LogP contribution >= 0.6 is 0 Å². The van der Waals surface area contributed by atoms with Crippen LogP contribution in [0, 0.1) is 5.41 Å². The molecule has 0 bridgehead atoms. The summed E-state index contributed by atoms with van der Waals surface area (Å²) in [5, 5.41) is 3.43. The molecule has 0 aliphatic heterocycles. The molecule has 0 unspecified atom stereocenters. The van der Waals surface area contributed by atoms with Crippen LogP contribution in [0.15, 0.2) is 0 Å². The van der Waals surface area contributed by atoms with Crippen molar-refractivity contribution in [3.8, 4) is 0 Å². The molecular weight excluding hydrogens is 172 g/mol. The van der Waals surface area contributed by atoms with E-state index < -0.39 is 0 Å². The molecule has 0 spiro atoms. The molecule has 0 radical (unpaired) electrons. The van der Waals surface area contributed by atoms with Crippen molar-refractivity contribution in [2.24, 2.45) is 5.41 Å². The minimum absolute atomic E-state index is 0.371. The van der Waals surface area contributed by atoms with Crippen LogP contribution in [0.4, 0.5) is 0 Å². The van der Waals surface area contributed by atoms with Gasteiger partial charge in [-0.3, -0.25) is 0 Å². The Labute approximate surface area is 90.1 Å². The summed E-state index contributed by atoms with van der Waals surface area (Å²) in [7, 11) is 0. The number of nitrogens with zero attached hydrogens (tertiary/aromatic N) is 1. The Kier molecular flexibility index (Phi) is 6.38. The minimum atomic E-state index is 0.371. The maximum atomic E-state index is 3.43. The lowest BCUT2D eigenvalue weighted by Gasteiger charge is -2.34. The van der Waals surface area contributed by atoms with Crippen LogP contribution in [0.2, 0.25) is 0 Å². The van der Waals surface area contributed by atoms with Crippen molar-refractivity contribution in [1.29, 1.82) is 0 Å². The predicted molar refractivity (Wildman–Crippen MR) is 64.7 cm³/mol. The van der Waals surface area contributed by atoms with Gasteiger partial charge in [0.05, 0.1) is 0 Å². The van der Waals surface area contributed by atoms with Gasteiger partial charge in [-0.2, -0.15) is 0 Å². The second-order valence-corrected chi connectivity index (χ2v) is 5.10. The van der Waals surface area contributed by atoms with Crippen LogP contribution in [0.25, 0.3) is 0 Å². The molecule has 0 rings (SSSR count). The van der Waals surface area contributed by atoms with E-state index in [1.54, 1.807) is 0 Å². The van der Waals surface area contributed by atoms with Crippen molar-refractivity contribution < 1.29 is 0 Å². The number of hydrogen-bond donors (Lipinski definition) is 1. The summed E-state index contributed by atoms with van der Waals surface area (Å²) in [6, 6.07) is 0.654. The Morgan fingerprint density at radius 3 is 2.14 bits per heavy atom. The van der Waals surface area contributed by atoms with Crippen LogP contribution in [0.3, 0.4) is 0 Å². The average Bonchev–Trinajstić information content (AvgIpc) is 2.10. The first kappa shape index (κ1) is 13.9. The van der Waals surface area contributed by atoms with E-state index in [9.17, 15) is 0 Å². The quantitative estimate of drug-likeness (QED) is 0.678.